The van der Waals surface area contributed by atoms with Crippen molar-refractivity contribution >= 4 is 33.3 Å². The van der Waals surface area contributed by atoms with Crippen LogP contribution < -0.4 is 5.56 Å². The maximum Gasteiger partial charge on any atom is 0.268 e. The number of aromatic nitrogens is 5. The molecule has 0 fully saturated rings. The number of thiophene rings is 1. The largest absolute Gasteiger partial charge is 0.467 e. The molecule has 0 aliphatic heterocycles. The average Bonchev–Trinajstić information content (AvgIpc) is 3.49. The van der Waals surface area contributed by atoms with Crippen LogP contribution in [0.15, 0.2) is 74.5 Å². The van der Waals surface area contributed by atoms with Gasteiger partial charge in [0.15, 0.2) is 11.0 Å². The Morgan fingerprint density at radius 3 is 2.83 bits per heavy atom. The number of furan rings is 1. The second kappa shape index (κ2) is 7.69. The first-order valence-electron chi connectivity index (χ1n) is 8.88. The van der Waals surface area contributed by atoms with E-state index in [0.717, 1.165) is 27.8 Å². The first-order chi connectivity index (χ1) is 14.3. The van der Waals surface area contributed by atoms with E-state index in [2.05, 4.69) is 20.2 Å². The van der Waals surface area contributed by atoms with E-state index in [1.165, 1.54) is 23.1 Å². The molecule has 0 saturated carbocycles. The second-order valence-corrected chi connectivity index (χ2v) is 8.13. The van der Waals surface area contributed by atoms with Crippen LogP contribution >= 0.6 is 23.1 Å². The van der Waals surface area contributed by atoms with E-state index in [4.69, 9.17) is 4.42 Å². The minimum atomic E-state index is -0.109. The Bertz CT molecular complexity index is 1310. The predicted octanol–water partition coefficient (Wildman–Crippen LogP) is 4.18. The van der Waals surface area contributed by atoms with Crippen molar-refractivity contribution in [3.8, 4) is 11.4 Å². The SMILES string of the molecule is O=c1[nH]c(CSc2nnc(-c3ccccc3)n2Cc2ccco2)nc2ccsc12. The first kappa shape index (κ1) is 17.9. The molecule has 1 N–H and O–H groups in total. The van der Waals surface area contributed by atoms with E-state index in [-0.39, 0.29) is 5.56 Å². The van der Waals surface area contributed by atoms with Gasteiger partial charge in [0, 0.05) is 5.56 Å². The van der Waals surface area contributed by atoms with Crippen molar-refractivity contribution in [2.45, 2.75) is 17.5 Å². The molecule has 29 heavy (non-hydrogen) atoms. The maximum absolute atomic E-state index is 12.2. The van der Waals surface area contributed by atoms with E-state index >= 15 is 0 Å². The minimum absolute atomic E-state index is 0.109. The molecule has 5 aromatic rings. The molecule has 0 atom stereocenters. The van der Waals surface area contributed by atoms with Gasteiger partial charge in [-0.3, -0.25) is 9.36 Å². The molecule has 144 valence electrons. The van der Waals surface area contributed by atoms with Crippen molar-refractivity contribution in [1.82, 2.24) is 24.7 Å². The summed E-state index contributed by atoms with van der Waals surface area (Å²) < 4.78 is 8.18. The Morgan fingerprint density at radius 2 is 2.00 bits per heavy atom. The van der Waals surface area contributed by atoms with Crippen LogP contribution in [0.4, 0.5) is 0 Å². The molecular formula is C20H15N5O2S2. The summed E-state index contributed by atoms with van der Waals surface area (Å²) in [6.45, 7) is 0.514. The summed E-state index contributed by atoms with van der Waals surface area (Å²) in [5.74, 6) is 2.67. The van der Waals surface area contributed by atoms with Crippen LogP contribution in [0.5, 0.6) is 0 Å². The van der Waals surface area contributed by atoms with Gasteiger partial charge in [-0.15, -0.1) is 21.5 Å². The minimum Gasteiger partial charge on any atom is -0.467 e. The molecule has 5 rings (SSSR count). The normalized spacial score (nSPS) is 11.3. The number of rotatable bonds is 6. The highest BCUT2D eigenvalue weighted by Crippen LogP contribution is 2.27. The molecule has 1 aromatic carbocycles. The Kier molecular flexibility index (Phi) is 4.74. The number of hydrogen-bond acceptors (Lipinski definition) is 7. The van der Waals surface area contributed by atoms with Crippen molar-refractivity contribution in [3.63, 3.8) is 0 Å². The lowest BCUT2D eigenvalue weighted by molar-refractivity contribution is 0.485. The fourth-order valence-corrected chi connectivity index (χ4v) is 4.55. The molecule has 0 bridgehead atoms. The van der Waals surface area contributed by atoms with Gasteiger partial charge in [-0.25, -0.2) is 4.98 Å². The molecule has 0 spiro atoms. The highest BCUT2D eigenvalue weighted by molar-refractivity contribution is 7.98. The van der Waals surface area contributed by atoms with Crippen LogP contribution in [-0.4, -0.2) is 24.7 Å². The van der Waals surface area contributed by atoms with Gasteiger partial charge in [-0.1, -0.05) is 42.1 Å². The zero-order valence-corrected chi connectivity index (χ0v) is 16.7. The fourth-order valence-electron chi connectivity index (χ4n) is 3.02. The number of benzene rings is 1. The first-order valence-corrected chi connectivity index (χ1v) is 10.7. The van der Waals surface area contributed by atoms with Gasteiger partial charge in [-0.05, 0) is 23.6 Å². The monoisotopic (exact) mass is 421 g/mol. The predicted molar refractivity (Wildman–Crippen MR) is 113 cm³/mol. The molecule has 4 aromatic heterocycles. The van der Waals surface area contributed by atoms with Gasteiger partial charge >= 0.3 is 0 Å². The van der Waals surface area contributed by atoms with E-state index in [9.17, 15) is 4.79 Å². The zero-order valence-electron chi connectivity index (χ0n) is 15.1. The standard InChI is InChI=1S/C20H15N5O2S2/c26-19-17-15(8-10-28-17)21-16(22-19)12-29-20-24-23-18(13-5-2-1-3-6-13)25(20)11-14-7-4-9-27-14/h1-10H,11-12H2,(H,21,22,26). The molecule has 0 aliphatic rings. The topological polar surface area (TPSA) is 89.6 Å². The molecular weight excluding hydrogens is 406 g/mol. The van der Waals surface area contributed by atoms with Crippen LogP contribution in [-0.2, 0) is 12.3 Å². The average molecular weight is 422 g/mol. The number of thioether (sulfide) groups is 1. The van der Waals surface area contributed by atoms with Crippen molar-refractivity contribution in [1.29, 1.82) is 0 Å². The third kappa shape index (κ3) is 3.62. The summed E-state index contributed by atoms with van der Waals surface area (Å²) in [7, 11) is 0. The molecule has 9 heteroatoms. The zero-order chi connectivity index (χ0) is 19.6. The van der Waals surface area contributed by atoms with E-state index in [1.807, 2.05) is 58.5 Å². The highest BCUT2D eigenvalue weighted by Gasteiger charge is 2.16. The number of H-pyrrole nitrogens is 1. The van der Waals surface area contributed by atoms with E-state index in [0.29, 0.717) is 22.8 Å². The van der Waals surface area contributed by atoms with Crippen molar-refractivity contribution < 1.29 is 4.42 Å². The molecule has 0 aliphatic carbocycles. The van der Waals surface area contributed by atoms with Gasteiger partial charge in [0.1, 0.15) is 16.3 Å². The van der Waals surface area contributed by atoms with Crippen LogP contribution in [0, 0.1) is 0 Å². The molecule has 4 heterocycles. The third-order valence-corrected chi connectivity index (χ3v) is 6.23. The van der Waals surface area contributed by atoms with Gasteiger partial charge < -0.3 is 9.40 Å². The number of nitrogens with one attached hydrogen (secondary N) is 1. The summed E-state index contributed by atoms with van der Waals surface area (Å²) in [5.41, 5.74) is 1.59. The number of aromatic amines is 1. The maximum atomic E-state index is 12.2. The van der Waals surface area contributed by atoms with Gasteiger partial charge in [0.2, 0.25) is 0 Å². The van der Waals surface area contributed by atoms with Gasteiger partial charge in [0.05, 0.1) is 24.1 Å². The molecule has 0 unspecified atom stereocenters. The van der Waals surface area contributed by atoms with E-state index < -0.39 is 0 Å². The quantitative estimate of drug-likeness (QED) is 0.414. The lowest BCUT2D eigenvalue weighted by Gasteiger charge is -2.08. The van der Waals surface area contributed by atoms with Crippen molar-refractivity contribution in [2.24, 2.45) is 0 Å². The summed E-state index contributed by atoms with van der Waals surface area (Å²) in [5, 5.41) is 11.4. The summed E-state index contributed by atoms with van der Waals surface area (Å²) in [6, 6.07) is 15.6. The van der Waals surface area contributed by atoms with Crippen LogP contribution in [0.3, 0.4) is 0 Å². The lowest BCUT2D eigenvalue weighted by atomic mass is 10.2. The Balaban J connectivity index is 1.47. The number of nitrogens with zero attached hydrogens (tertiary/aromatic N) is 4. The molecule has 0 saturated heterocycles. The van der Waals surface area contributed by atoms with Crippen molar-refractivity contribution in [3.05, 3.63) is 82.1 Å². The second-order valence-electron chi connectivity index (χ2n) is 6.27. The Morgan fingerprint density at radius 1 is 1.10 bits per heavy atom. The van der Waals surface area contributed by atoms with Crippen LogP contribution in [0.25, 0.3) is 21.6 Å². The third-order valence-electron chi connectivity index (χ3n) is 4.34. The number of hydrogen-bond donors (Lipinski definition) is 1. The highest BCUT2D eigenvalue weighted by atomic mass is 32.2. The fraction of sp³-hybridized carbons (Fsp3) is 0.100. The summed E-state index contributed by atoms with van der Waals surface area (Å²) >= 11 is 2.87. The van der Waals surface area contributed by atoms with Gasteiger partial charge in [0.25, 0.3) is 5.56 Å². The Hall–Kier alpha value is -3.17. The molecule has 7 nitrogen and oxygen atoms in total. The smallest absolute Gasteiger partial charge is 0.268 e. The number of fused-ring (bicyclic) bond motifs is 1. The lowest BCUT2D eigenvalue weighted by Crippen LogP contribution is -2.10. The summed E-state index contributed by atoms with van der Waals surface area (Å²) in [6.07, 6.45) is 1.65. The van der Waals surface area contributed by atoms with Crippen LogP contribution in [0.1, 0.15) is 11.6 Å². The van der Waals surface area contributed by atoms with Gasteiger partial charge in [-0.2, -0.15) is 0 Å². The van der Waals surface area contributed by atoms with Crippen molar-refractivity contribution in [2.75, 3.05) is 0 Å². The molecule has 0 amide bonds. The van der Waals surface area contributed by atoms with Crippen LogP contribution in [0.2, 0.25) is 0 Å². The summed E-state index contributed by atoms with van der Waals surface area (Å²) in [4.78, 5) is 19.6. The van der Waals surface area contributed by atoms with E-state index in [1.54, 1.807) is 6.26 Å². The molecule has 0 radical (unpaired) electrons. The Labute approximate surface area is 173 Å².